The lowest BCUT2D eigenvalue weighted by Gasteiger charge is -2.35. The standard InChI is InChI=1S/C21H22N6O2/c1-29-18-6-3-2-5-17(18)25-20(28)16-7-8-19(24-15-16)26-11-13-27(14-12-26)21-22-9-4-10-23-21/h2-10,15H,11-14H2,1H3,(H,25,28). The highest BCUT2D eigenvalue weighted by Gasteiger charge is 2.20. The summed E-state index contributed by atoms with van der Waals surface area (Å²) in [6.45, 7) is 3.28. The minimum Gasteiger partial charge on any atom is -0.495 e. The van der Waals surface area contributed by atoms with Crippen LogP contribution in [0.5, 0.6) is 5.75 Å². The van der Waals surface area contributed by atoms with Crippen LogP contribution in [0.25, 0.3) is 0 Å². The Morgan fingerprint density at radius 3 is 2.34 bits per heavy atom. The molecule has 8 nitrogen and oxygen atoms in total. The number of para-hydroxylation sites is 2. The predicted molar refractivity (Wildman–Crippen MR) is 112 cm³/mol. The zero-order valence-electron chi connectivity index (χ0n) is 16.2. The van der Waals surface area contributed by atoms with E-state index in [0.29, 0.717) is 17.0 Å². The third kappa shape index (κ3) is 4.26. The molecule has 0 aliphatic carbocycles. The van der Waals surface area contributed by atoms with E-state index in [1.54, 1.807) is 43.9 Å². The largest absolute Gasteiger partial charge is 0.495 e. The van der Waals surface area contributed by atoms with Crippen molar-refractivity contribution in [3.63, 3.8) is 0 Å². The zero-order chi connectivity index (χ0) is 20.1. The zero-order valence-corrected chi connectivity index (χ0v) is 16.2. The first-order valence-corrected chi connectivity index (χ1v) is 9.42. The van der Waals surface area contributed by atoms with Crippen molar-refractivity contribution in [2.75, 3.05) is 48.4 Å². The summed E-state index contributed by atoms with van der Waals surface area (Å²) in [4.78, 5) is 30.0. The van der Waals surface area contributed by atoms with Crippen LogP contribution in [0.4, 0.5) is 17.5 Å². The summed E-state index contributed by atoms with van der Waals surface area (Å²) in [5, 5.41) is 2.86. The molecule has 0 bridgehead atoms. The van der Waals surface area contributed by atoms with Crippen LogP contribution in [0.15, 0.2) is 61.1 Å². The fourth-order valence-electron chi connectivity index (χ4n) is 3.24. The maximum absolute atomic E-state index is 12.5. The van der Waals surface area contributed by atoms with Crippen molar-refractivity contribution in [3.8, 4) is 5.75 Å². The maximum atomic E-state index is 12.5. The summed E-state index contributed by atoms with van der Waals surface area (Å²) in [6, 6.07) is 12.8. The topological polar surface area (TPSA) is 83.5 Å². The molecule has 1 saturated heterocycles. The Bertz CT molecular complexity index is 956. The van der Waals surface area contributed by atoms with Gasteiger partial charge in [0.25, 0.3) is 5.91 Å². The third-order valence-electron chi connectivity index (χ3n) is 4.80. The van der Waals surface area contributed by atoms with Crippen molar-refractivity contribution in [1.82, 2.24) is 15.0 Å². The number of carbonyl (C=O) groups excluding carboxylic acids is 1. The quantitative estimate of drug-likeness (QED) is 0.716. The number of methoxy groups -OCH3 is 1. The van der Waals surface area contributed by atoms with E-state index in [4.69, 9.17) is 4.74 Å². The number of rotatable bonds is 5. The molecule has 0 saturated carbocycles. The Hall–Kier alpha value is -3.68. The van der Waals surface area contributed by atoms with Crippen molar-refractivity contribution < 1.29 is 9.53 Å². The van der Waals surface area contributed by atoms with Crippen LogP contribution in [0, 0.1) is 0 Å². The fourth-order valence-corrected chi connectivity index (χ4v) is 3.24. The van der Waals surface area contributed by atoms with E-state index in [0.717, 1.165) is 37.9 Å². The molecule has 29 heavy (non-hydrogen) atoms. The van der Waals surface area contributed by atoms with E-state index in [1.165, 1.54) is 0 Å². The molecule has 0 spiro atoms. The molecule has 0 atom stereocenters. The van der Waals surface area contributed by atoms with Crippen LogP contribution >= 0.6 is 0 Å². The first-order valence-electron chi connectivity index (χ1n) is 9.42. The van der Waals surface area contributed by atoms with Gasteiger partial charge >= 0.3 is 0 Å². The van der Waals surface area contributed by atoms with E-state index in [2.05, 4.69) is 30.1 Å². The summed E-state index contributed by atoms with van der Waals surface area (Å²) < 4.78 is 5.27. The number of pyridine rings is 1. The summed E-state index contributed by atoms with van der Waals surface area (Å²) in [6.07, 6.45) is 5.11. The molecule has 3 heterocycles. The van der Waals surface area contributed by atoms with Gasteiger partial charge < -0.3 is 19.9 Å². The highest BCUT2D eigenvalue weighted by Crippen LogP contribution is 2.24. The first kappa shape index (κ1) is 18.7. The number of piperazine rings is 1. The van der Waals surface area contributed by atoms with Crippen LogP contribution in [-0.4, -0.2) is 54.1 Å². The van der Waals surface area contributed by atoms with Crippen LogP contribution in [-0.2, 0) is 0 Å². The lowest BCUT2D eigenvalue weighted by Crippen LogP contribution is -2.47. The molecule has 8 heteroatoms. The fraction of sp³-hybridized carbons (Fsp3) is 0.238. The van der Waals surface area contributed by atoms with Crippen LogP contribution in [0.2, 0.25) is 0 Å². The van der Waals surface area contributed by atoms with Gasteiger partial charge in [-0.25, -0.2) is 15.0 Å². The minimum absolute atomic E-state index is 0.223. The number of carbonyl (C=O) groups is 1. The first-order chi connectivity index (χ1) is 14.2. The predicted octanol–water partition coefficient (Wildman–Crippen LogP) is 2.46. The molecule has 1 N–H and O–H groups in total. The second kappa shape index (κ2) is 8.55. The lowest BCUT2D eigenvalue weighted by atomic mass is 10.2. The van der Waals surface area contributed by atoms with Gasteiger partial charge in [0.2, 0.25) is 5.95 Å². The van der Waals surface area contributed by atoms with Crippen LogP contribution < -0.4 is 19.9 Å². The number of amides is 1. The van der Waals surface area contributed by atoms with Gasteiger partial charge in [0.05, 0.1) is 18.4 Å². The molecule has 1 aliphatic rings. The van der Waals surface area contributed by atoms with Gasteiger partial charge in [-0.1, -0.05) is 12.1 Å². The Labute approximate surface area is 169 Å². The van der Waals surface area contributed by atoms with Gasteiger partial charge in [0, 0.05) is 44.8 Å². The van der Waals surface area contributed by atoms with E-state index in [9.17, 15) is 4.79 Å². The van der Waals surface area contributed by atoms with Gasteiger partial charge in [-0.15, -0.1) is 0 Å². The number of hydrogen-bond donors (Lipinski definition) is 1. The number of ether oxygens (including phenoxy) is 1. The lowest BCUT2D eigenvalue weighted by molar-refractivity contribution is 0.102. The summed E-state index contributed by atoms with van der Waals surface area (Å²) in [5.41, 5.74) is 1.12. The SMILES string of the molecule is COc1ccccc1NC(=O)c1ccc(N2CCN(c3ncccn3)CC2)nc1. The Kier molecular flexibility index (Phi) is 5.51. The van der Waals surface area contributed by atoms with Gasteiger partial charge in [-0.2, -0.15) is 0 Å². The normalized spacial score (nSPS) is 13.8. The third-order valence-corrected chi connectivity index (χ3v) is 4.80. The number of hydrogen-bond acceptors (Lipinski definition) is 7. The average Bonchev–Trinajstić information content (AvgIpc) is 2.80. The van der Waals surface area contributed by atoms with Crippen LogP contribution in [0.1, 0.15) is 10.4 Å². The van der Waals surface area contributed by atoms with Crippen molar-refractivity contribution in [2.24, 2.45) is 0 Å². The molecule has 4 rings (SSSR count). The molecule has 0 radical (unpaired) electrons. The Balaban J connectivity index is 1.37. The van der Waals surface area contributed by atoms with Gasteiger partial charge in [-0.05, 0) is 30.3 Å². The van der Waals surface area contributed by atoms with Gasteiger partial charge in [-0.3, -0.25) is 4.79 Å². The number of aromatic nitrogens is 3. The van der Waals surface area contributed by atoms with E-state index in [-0.39, 0.29) is 5.91 Å². The molecule has 2 aromatic heterocycles. The van der Waals surface area contributed by atoms with E-state index >= 15 is 0 Å². The number of nitrogens with zero attached hydrogens (tertiary/aromatic N) is 5. The van der Waals surface area contributed by atoms with Crippen molar-refractivity contribution in [2.45, 2.75) is 0 Å². The minimum atomic E-state index is -0.223. The molecule has 1 aromatic carbocycles. The molecule has 1 amide bonds. The average molecular weight is 390 g/mol. The van der Waals surface area contributed by atoms with E-state index < -0.39 is 0 Å². The number of anilines is 3. The second-order valence-electron chi connectivity index (χ2n) is 6.58. The summed E-state index contributed by atoms with van der Waals surface area (Å²) >= 11 is 0. The van der Waals surface area contributed by atoms with Gasteiger partial charge in [0.15, 0.2) is 0 Å². The Morgan fingerprint density at radius 1 is 0.931 bits per heavy atom. The summed E-state index contributed by atoms with van der Waals surface area (Å²) in [5.74, 6) is 2.00. The number of benzene rings is 1. The molecule has 3 aromatic rings. The maximum Gasteiger partial charge on any atom is 0.257 e. The summed E-state index contributed by atoms with van der Waals surface area (Å²) in [7, 11) is 1.57. The Morgan fingerprint density at radius 2 is 1.66 bits per heavy atom. The molecule has 148 valence electrons. The molecular weight excluding hydrogens is 368 g/mol. The molecule has 0 unspecified atom stereocenters. The number of nitrogens with one attached hydrogen (secondary N) is 1. The molecule has 1 fully saturated rings. The van der Waals surface area contributed by atoms with Gasteiger partial charge in [0.1, 0.15) is 11.6 Å². The smallest absolute Gasteiger partial charge is 0.257 e. The molecular formula is C21H22N6O2. The monoisotopic (exact) mass is 390 g/mol. The highest BCUT2D eigenvalue weighted by atomic mass is 16.5. The van der Waals surface area contributed by atoms with Crippen molar-refractivity contribution in [3.05, 3.63) is 66.6 Å². The molecule has 1 aliphatic heterocycles. The van der Waals surface area contributed by atoms with Crippen LogP contribution in [0.3, 0.4) is 0 Å². The van der Waals surface area contributed by atoms with E-state index in [1.807, 2.05) is 24.3 Å². The van der Waals surface area contributed by atoms with Crippen molar-refractivity contribution in [1.29, 1.82) is 0 Å². The van der Waals surface area contributed by atoms with Crippen molar-refractivity contribution >= 4 is 23.4 Å². The second-order valence-corrected chi connectivity index (χ2v) is 6.58. The highest BCUT2D eigenvalue weighted by molar-refractivity contribution is 6.04.